The van der Waals surface area contributed by atoms with Gasteiger partial charge in [-0.25, -0.2) is 0 Å². The third-order valence-corrected chi connectivity index (χ3v) is 4.40. The molecule has 2 rings (SSSR count). The average Bonchev–Trinajstić information content (AvgIpc) is 2.65. The minimum atomic E-state index is -1.04. The highest BCUT2D eigenvalue weighted by Crippen LogP contribution is 2.42. The lowest BCUT2D eigenvalue weighted by Crippen LogP contribution is -2.25. The zero-order valence-corrected chi connectivity index (χ0v) is 13.5. The first-order valence-electron chi connectivity index (χ1n) is 8.02. The molecule has 0 bridgehead atoms. The molecule has 0 aliphatic heterocycles. The third kappa shape index (κ3) is 4.02. The molecular formula is C20H22N2O. The molecule has 0 fully saturated rings. The monoisotopic (exact) mass is 306 g/mol. The molecule has 0 aromatic heterocycles. The van der Waals surface area contributed by atoms with Gasteiger partial charge < -0.3 is 4.74 Å². The fourth-order valence-corrected chi connectivity index (χ4v) is 2.96. The fraction of sp³-hybridized carbons (Fsp3) is 0.400. The van der Waals surface area contributed by atoms with Gasteiger partial charge in [-0.15, -0.1) is 0 Å². The maximum absolute atomic E-state index is 9.77. The maximum Gasteiger partial charge on any atom is 0.154 e. The molecule has 0 saturated heterocycles. The summed E-state index contributed by atoms with van der Waals surface area (Å²) in [6, 6.07) is 12.3. The molecule has 0 N–H and O–H groups in total. The molecule has 1 aromatic rings. The van der Waals surface area contributed by atoms with Crippen molar-refractivity contribution in [2.75, 3.05) is 7.11 Å². The van der Waals surface area contributed by atoms with E-state index in [1.807, 2.05) is 30.3 Å². The summed E-state index contributed by atoms with van der Waals surface area (Å²) in [7, 11) is 1.63. The van der Waals surface area contributed by atoms with Gasteiger partial charge >= 0.3 is 0 Å². The van der Waals surface area contributed by atoms with Gasteiger partial charge in [-0.1, -0.05) is 36.4 Å². The van der Waals surface area contributed by atoms with E-state index in [-0.39, 0.29) is 5.92 Å². The summed E-state index contributed by atoms with van der Waals surface area (Å²) in [5, 5.41) is 19.5. The van der Waals surface area contributed by atoms with Gasteiger partial charge in [-0.05, 0) is 49.8 Å². The standard InChI is InChI=1S/C20H22N2O/c1-23-18-12-10-17(11-13-18)19-9-7-5-3-2-4-6-8-14-20(19,15-21)16-22/h5-8,10-13,19H,2-4,9,14H2,1H3/b7-5-,8-6+. The molecule has 0 saturated carbocycles. The lowest BCUT2D eigenvalue weighted by molar-refractivity contribution is 0.407. The Labute approximate surface area is 138 Å². The number of nitrogens with zero attached hydrogens (tertiary/aromatic N) is 2. The van der Waals surface area contributed by atoms with Crippen LogP contribution in [0.25, 0.3) is 0 Å². The number of nitriles is 2. The van der Waals surface area contributed by atoms with E-state index < -0.39 is 5.41 Å². The minimum Gasteiger partial charge on any atom is -0.497 e. The maximum atomic E-state index is 9.77. The zero-order chi connectivity index (χ0) is 16.5. The second-order valence-corrected chi connectivity index (χ2v) is 5.83. The van der Waals surface area contributed by atoms with Gasteiger partial charge in [0.05, 0.1) is 19.2 Å². The van der Waals surface area contributed by atoms with E-state index in [2.05, 4.69) is 30.4 Å². The Morgan fingerprint density at radius 3 is 2.26 bits per heavy atom. The first-order chi connectivity index (χ1) is 11.3. The molecule has 3 nitrogen and oxygen atoms in total. The Bertz CT molecular complexity index is 630. The summed E-state index contributed by atoms with van der Waals surface area (Å²) in [4.78, 5) is 0. The number of ether oxygens (including phenoxy) is 1. The van der Waals surface area contributed by atoms with E-state index >= 15 is 0 Å². The van der Waals surface area contributed by atoms with E-state index in [9.17, 15) is 10.5 Å². The first-order valence-corrected chi connectivity index (χ1v) is 8.02. The van der Waals surface area contributed by atoms with Crippen LogP contribution < -0.4 is 4.74 Å². The number of hydrogen-bond donors (Lipinski definition) is 0. The van der Waals surface area contributed by atoms with Crippen molar-refractivity contribution in [1.82, 2.24) is 0 Å². The summed E-state index contributed by atoms with van der Waals surface area (Å²) in [5.74, 6) is 0.628. The number of rotatable bonds is 2. The SMILES string of the molecule is COc1ccc(C2C/C=C\CCC/C=C/CC2(C#N)C#N)cc1. The van der Waals surface area contributed by atoms with Gasteiger partial charge in [0.2, 0.25) is 0 Å². The van der Waals surface area contributed by atoms with Crippen LogP contribution in [0.15, 0.2) is 48.6 Å². The first kappa shape index (κ1) is 16.8. The molecule has 1 aromatic carbocycles. The van der Waals surface area contributed by atoms with Crippen LogP contribution in [0.3, 0.4) is 0 Å². The summed E-state index contributed by atoms with van der Waals surface area (Å²) >= 11 is 0. The molecule has 1 atom stereocenters. The molecule has 1 aliphatic carbocycles. The smallest absolute Gasteiger partial charge is 0.154 e. The van der Waals surface area contributed by atoms with Crippen molar-refractivity contribution in [3.63, 3.8) is 0 Å². The lowest BCUT2D eigenvalue weighted by Gasteiger charge is -2.28. The van der Waals surface area contributed by atoms with Crippen LogP contribution in [-0.4, -0.2) is 7.11 Å². The number of methoxy groups -OCH3 is 1. The Kier molecular flexibility index (Phi) is 6.01. The molecule has 0 amide bonds. The van der Waals surface area contributed by atoms with Crippen molar-refractivity contribution in [3.05, 3.63) is 54.1 Å². The van der Waals surface area contributed by atoms with Gasteiger partial charge in [0.1, 0.15) is 5.75 Å². The zero-order valence-electron chi connectivity index (χ0n) is 13.5. The summed E-state index contributed by atoms with van der Waals surface area (Å²) in [5.41, 5.74) is -0.0362. The molecule has 0 spiro atoms. The highest BCUT2D eigenvalue weighted by Gasteiger charge is 2.39. The predicted molar refractivity (Wildman–Crippen MR) is 90.8 cm³/mol. The Balaban J connectivity index is 2.43. The molecule has 0 radical (unpaired) electrons. The van der Waals surface area contributed by atoms with E-state index in [4.69, 9.17) is 4.74 Å². The predicted octanol–water partition coefficient (Wildman–Crippen LogP) is 4.89. The van der Waals surface area contributed by atoms with Gasteiger partial charge in [-0.2, -0.15) is 10.5 Å². The van der Waals surface area contributed by atoms with Crippen molar-refractivity contribution in [1.29, 1.82) is 10.5 Å². The molecule has 3 heteroatoms. The Hall–Kier alpha value is -2.52. The van der Waals surface area contributed by atoms with Crippen LogP contribution in [0.5, 0.6) is 5.75 Å². The summed E-state index contributed by atoms with van der Waals surface area (Å²) in [6.45, 7) is 0. The third-order valence-electron chi connectivity index (χ3n) is 4.40. The molecule has 1 aliphatic rings. The largest absolute Gasteiger partial charge is 0.497 e. The highest BCUT2D eigenvalue weighted by molar-refractivity contribution is 5.36. The van der Waals surface area contributed by atoms with Crippen LogP contribution in [0, 0.1) is 28.1 Å². The molecule has 0 heterocycles. The van der Waals surface area contributed by atoms with Crippen molar-refractivity contribution < 1.29 is 4.74 Å². The number of allylic oxidation sites excluding steroid dienone is 4. The van der Waals surface area contributed by atoms with Crippen LogP contribution >= 0.6 is 0 Å². The van der Waals surface area contributed by atoms with Crippen LogP contribution in [0.1, 0.15) is 43.6 Å². The van der Waals surface area contributed by atoms with Gasteiger partial charge in [0.25, 0.3) is 0 Å². The number of hydrogen-bond acceptors (Lipinski definition) is 3. The van der Waals surface area contributed by atoms with Gasteiger partial charge in [-0.3, -0.25) is 0 Å². The Morgan fingerprint density at radius 2 is 1.65 bits per heavy atom. The molecule has 118 valence electrons. The van der Waals surface area contributed by atoms with Crippen molar-refractivity contribution in [3.8, 4) is 17.9 Å². The van der Waals surface area contributed by atoms with Crippen molar-refractivity contribution in [2.24, 2.45) is 5.41 Å². The Morgan fingerprint density at radius 1 is 1.00 bits per heavy atom. The number of benzene rings is 1. The lowest BCUT2D eigenvalue weighted by atomic mass is 9.70. The summed E-state index contributed by atoms with van der Waals surface area (Å²) in [6.07, 6.45) is 12.6. The van der Waals surface area contributed by atoms with Gasteiger partial charge in [0.15, 0.2) is 5.41 Å². The fourth-order valence-electron chi connectivity index (χ4n) is 2.96. The van der Waals surface area contributed by atoms with E-state index in [0.29, 0.717) is 12.8 Å². The van der Waals surface area contributed by atoms with Crippen LogP contribution in [0.4, 0.5) is 0 Å². The average molecular weight is 306 g/mol. The van der Waals surface area contributed by atoms with Crippen molar-refractivity contribution in [2.45, 2.75) is 38.0 Å². The highest BCUT2D eigenvalue weighted by atomic mass is 16.5. The van der Waals surface area contributed by atoms with Crippen LogP contribution in [-0.2, 0) is 0 Å². The normalized spacial score (nSPS) is 23.5. The second-order valence-electron chi connectivity index (χ2n) is 5.83. The molecular weight excluding hydrogens is 284 g/mol. The molecule has 23 heavy (non-hydrogen) atoms. The minimum absolute atomic E-state index is 0.151. The van der Waals surface area contributed by atoms with Gasteiger partial charge in [0, 0.05) is 5.92 Å². The topological polar surface area (TPSA) is 56.8 Å². The molecule has 1 unspecified atom stereocenters. The van der Waals surface area contributed by atoms with E-state index in [1.165, 1.54) is 0 Å². The van der Waals surface area contributed by atoms with E-state index in [0.717, 1.165) is 30.6 Å². The van der Waals surface area contributed by atoms with E-state index in [1.54, 1.807) is 7.11 Å². The quantitative estimate of drug-likeness (QED) is 0.731. The summed E-state index contributed by atoms with van der Waals surface area (Å²) < 4.78 is 5.20. The second kappa shape index (κ2) is 8.20. The van der Waals surface area contributed by atoms with Crippen LogP contribution in [0.2, 0.25) is 0 Å². The van der Waals surface area contributed by atoms with Crippen molar-refractivity contribution >= 4 is 0 Å².